The Labute approximate surface area is 142 Å². The van der Waals surface area contributed by atoms with Gasteiger partial charge in [0.25, 0.3) is 5.91 Å². The van der Waals surface area contributed by atoms with Gasteiger partial charge in [-0.05, 0) is 55.8 Å². The average molecular weight is 362 g/mol. The number of hydrogen-bond acceptors (Lipinski definition) is 2. The highest BCUT2D eigenvalue weighted by molar-refractivity contribution is 6.33. The lowest BCUT2D eigenvalue weighted by molar-refractivity contribution is -0.141. The number of nitrogens with one attached hydrogen (secondary N) is 1. The molecule has 1 N–H and O–H groups in total. The van der Waals surface area contributed by atoms with Crippen LogP contribution in [0.25, 0.3) is 0 Å². The van der Waals surface area contributed by atoms with Crippen molar-refractivity contribution < 1.29 is 18.0 Å². The summed E-state index contributed by atoms with van der Waals surface area (Å²) in [5.74, 6) is 1.48. The maximum atomic E-state index is 13.2. The molecule has 4 nitrogen and oxygen atoms in total. The molecule has 0 atom stereocenters. The van der Waals surface area contributed by atoms with Crippen molar-refractivity contribution >= 4 is 17.5 Å². The van der Waals surface area contributed by atoms with Crippen molar-refractivity contribution in [3.63, 3.8) is 0 Å². The van der Waals surface area contributed by atoms with Gasteiger partial charge in [0, 0.05) is 13.1 Å². The molecule has 4 fully saturated rings. The zero-order valence-electron chi connectivity index (χ0n) is 13.2. The first-order valence-corrected chi connectivity index (χ1v) is 8.72. The van der Waals surface area contributed by atoms with Crippen LogP contribution in [-0.4, -0.2) is 21.7 Å². The molecule has 0 unspecified atom stereocenters. The van der Waals surface area contributed by atoms with Crippen molar-refractivity contribution in [3.05, 3.63) is 16.4 Å². The van der Waals surface area contributed by atoms with Crippen molar-refractivity contribution in [3.8, 4) is 0 Å². The summed E-state index contributed by atoms with van der Waals surface area (Å²) in [6.07, 6.45) is 0.868. The lowest BCUT2D eigenvalue weighted by atomic mass is 9.54. The molecule has 8 heteroatoms. The fraction of sp³-hybridized carbons (Fsp3) is 0.750. The molecule has 1 aromatic heterocycles. The van der Waals surface area contributed by atoms with Crippen molar-refractivity contribution in [2.45, 2.75) is 44.3 Å². The van der Waals surface area contributed by atoms with Crippen molar-refractivity contribution in [1.82, 2.24) is 15.1 Å². The predicted octanol–water partition coefficient (Wildman–Crippen LogP) is 3.65. The molecule has 0 saturated heterocycles. The van der Waals surface area contributed by atoms with Crippen LogP contribution in [0.5, 0.6) is 0 Å². The van der Waals surface area contributed by atoms with Crippen LogP contribution >= 0.6 is 11.6 Å². The van der Waals surface area contributed by atoms with E-state index in [1.54, 1.807) is 0 Å². The van der Waals surface area contributed by atoms with Crippen LogP contribution in [0.2, 0.25) is 5.15 Å². The van der Waals surface area contributed by atoms with E-state index in [0.29, 0.717) is 11.8 Å². The summed E-state index contributed by atoms with van der Waals surface area (Å²) in [6.45, 7) is 0. The van der Waals surface area contributed by atoms with E-state index >= 15 is 0 Å². The highest BCUT2D eigenvalue weighted by atomic mass is 35.5. The highest BCUT2D eigenvalue weighted by Crippen LogP contribution is 2.53. The van der Waals surface area contributed by atoms with Crippen molar-refractivity contribution in [2.75, 3.05) is 0 Å². The van der Waals surface area contributed by atoms with Crippen LogP contribution in [0.15, 0.2) is 0 Å². The lowest BCUT2D eigenvalue weighted by Gasteiger charge is -2.54. The van der Waals surface area contributed by atoms with Gasteiger partial charge in [0.2, 0.25) is 0 Å². The Balaban J connectivity index is 1.59. The minimum Gasteiger partial charge on any atom is -0.349 e. The van der Waals surface area contributed by atoms with Crippen LogP contribution in [0, 0.1) is 23.7 Å². The number of hydrogen-bond donors (Lipinski definition) is 1. The van der Waals surface area contributed by atoms with Gasteiger partial charge in [-0.15, -0.1) is 0 Å². The second-order valence-electron chi connectivity index (χ2n) is 7.57. The summed E-state index contributed by atoms with van der Waals surface area (Å²) in [5.41, 5.74) is -1.77. The number of aromatic nitrogens is 2. The first kappa shape index (κ1) is 16.2. The molecular weight excluding hydrogens is 343 g/mol. The fourth-order valence-corrected chi connectivity index (χ4v) is 5.50. The van der Waals surface area contributed by atoms with Gasteiger partial charge in [0.05, 0.1) is 0 Å². The standard InChI is InChI=1S/C16H19ClF3N3O/c1-23-14(17)11(13(22-23)16(18,19)20)15(24)21-12-9-3-7-2-8(5-9)6-10(12)4-7/h7-10,12H,2-6H2,1H3,(H,21,24). The molecule has 24 heavy (non-hydrogen) atoms. The molecule has 4 aliphatic rings. The Hall–Kier alpha value is -1.24. The van der Waals surface area contributed by atoms with Crippen LogP contribution in [0.3, 0.4) is 0 Å². The van der Waals surface area contributed by atoms with E-state index in [1.807, 2.05) is 0 Å². The molecular formula is C16H19ClF3N3O. The summed E-state index contributed by atoms with van der Waals surface area (Å²) < 4.78 is 40.4. The number of aryl methyl sites for hydroxylation is 1. The van der Waals surface area contributed by atoms with E-state index in [2.05, 4.69) is 10.4 Å². The number of amides is 1. The van der Waals surface area contributed by atoms with Crippen molar-refractivity contribution in [2.24, 2.45) is 30.7 Å². The Morgan fingerprint density at radius 2 is 1.71 bits per heavy atom. The highest BCUT2D eigenvalue weighted by Gasteiger charge is 2.49. The predicted molar refractivity (Wildman–Crippen MR) is 81.5 cm³/mol. The maximum absolute atomic E-state index is 13.2. The molecule has 1 amide bonds. The van der Waals surface area contributed by atoms with Crippen LogP contribution < -0.4 is 5.32 Å². The molecule has 0 radical (unpaired) electrons. The van der Waals surface area contributed by atoms with Crippen LogP contribution in [0.1, 0.15) is 48.2 Å². The molecule has 0 aromatic carbocycles. The Morgan fingerprint density at radius 1 is 1.17 bits per heavy atom. The van der Waals surface area contributed by atoms with Gasteiger partial charge >= 0.3 is 6.18 Å². The number of carbonyl (C=O) groups is 1. The van der Waals surface area contributed by atoms with Gasteiger partial charge in [-0.1, -0.05) is 11.6 Å². The molecule has 0 aliphatic heterocycles. The first-order valence-electron chi connectivity index (χ1n) is 8.34. The van der Waals surface area contributed by atoms with Gasteiger partial charge in [-0.2, -0.15) is 18.3 Å². The molecule has 1 aromatic rings. The minimum atomic E-state index is -4.71. The topological polar surface area (TPSA) is 46.9 Å². The summed E-state index contributed by atoms with van der Waals surface area (Å²) in [7, 11) is 1.30. The van der Waals surface area contributed by atoms with Gasteiger partial charge in [0.15, 0.2) is 5.69 Å². The van der Waals surface area contributed by atoms with Gasteiger partial charge in [-0.25, -0.2) is 0 Å². The molecule has 132 valence electrons. The Morgan fingerprint density at radius 3 is 2.21 bits per heavy atom. The normalized spacial score (nSPS) is 34.6. The number of alkyl halides is 3. The fourth-order valence-electron chi connectivity index (χ4n) is 5.29. The Kier molecular flexibility index (Phi) is 3.64. The third kappa shape index (κ3) is 2.52. The quantitative estimate of drug-likeness (QED) is 0.874. The van der Waals surface area contributed by atoms with E-state index in [4.69, 9.17) is 11.6 Å². The van der Waals surface area contributed by atoms with E-state index in [1.165, 1.54) is 13.5 Å². The zero-order chi connectivity index (χ0) is 17.2. The third-order valence-corrected chi connectivity index (χ3v) is 6.43. The van der Waals surface area contributed by atoms with Gasteiger partial charge in [-0.3, -0.25) is 9.48 Å². The Bertz CT molecular complexity index is 657. The smallest absolute Gasteiger partial charge is 0.349 e. The van der Waals surface area contributed by atoms with Gasteiger partial charge in [0.1, 0.15) is 10.7 Å². The molecule has 0 spiro atoms. The number of halogens is 4. The summed E-state index contributed by atoms with van der Waals surface area (Å²) in [4.78, 5) is 12.6. The van der Waals surface area contributed by atoms with E-state index in [9.17, 15) is 18.0 Å². The molecule has 1 heterocycles. The van der Waals surface area contributed by atoms with E-state index in [0.717, 1.165) is 42.2 Å². The SMILES string of the molecule is Cn1nc(C(F)(F)F)c(C(=O)NC2C3CC4CC(C3)CC2C4)c1Cl. The van der Waals surface area contributed by atoms with E-state index < -0.39 is 23.3 Å². The van der Waals surface area contributed by atoms with Gasteiger partial charge < -0.3 is 5.32 Å². The number of carbonyl (C=O) groups excluding carboxylic acids is 1. The number of rotatable bonds is 2. The summed E-state index contributed by atoms with van der Waals surface area (Å²) >= 11 is 5.92. The molecule has 5 rings (SSSR count). The molecule has 4 saturated carbocycles. The van der Waals surface area contributed by atoms with Crippen molar-refractivity contribution in [1.29, 1.82) is 0 Å². The largest absolute Gasteiger partial charge is 0.436 e. The summed E-state index contributed by atoms with van der Waals surface area (Å²) in [5, 5.41) is 5.98. The third-order valence-electron chi connectivity index (χ3n) is 6.00. The second-order valence-corrected chi connectivity index (χ2v) is 7.92. The van der Waals surface area contributed by atoms with E-state index in [-0.39, 0.29) is 11.2 Å². The second kappa shape index (κ2) is 5.38. The van der Waals surface area contributed by atoms with Crippen LogP contribution in [-0.2, 0) is 13.2 Å². The first-order chi connectivity index (χ1) is 11.2. The zero-order valence-corrected chi connectivity index (χ0v) is 14.0. The monoisotopic (exact) mass is 361 g/mol. The maximum Gasteiger partial charge on any atom is 0.436 e. The summed E-state index contributed by atoms with van der Waals surface area (Å²) in [6, 6.07) is -0.0392. The van der Waals surface area contributed by atoms with Crippen LogP contribution in [0.4, 0.5) is 13.2 Å². The molecule has 4 bridgehead atoms. The number of nitrogens with zero attached hydrogens (tertiary/aromatic N) is 2. The minimum absolute atomic E-state index is 0.0392. The average Bonchev–Trinajstić information content (AvgIpc) is 2.78. The molecule has 4 aliphatic carbocycles. The lowest BCUT2D eigenvalue weighted by Crippen LogP contribution is -2.55.